The highest BCUT2D eigenvalue weighted by Gasteiger charge is 2.37. The predicted octanol–water partition coefficient (Wildman–Crippen LogP) is 2.55. The Kier molecular flexibility index (Phi) is 9.37. The lowest BCUT2D eigenvalue weighted by Crippen LogP contribution is -2.58. The van der Waals surface area contributed by atoms with Gasteiger partial charge >= 0.3 is 0 Å². The maximum atomic E-state index is 12.9. The van der Waals surface area contributed by atoms with Crippen LogP contribution in [0, 0.1) is 0 Å². The maximum Gasteiger partial charge on any atom is 0.275 e. The Labute approximate surface area is 185 Å². The Hall–Kier alpha value is -2.54. The molecule has 1 atom stereocenters. The van der Waals surface area contributed by atoms with Crippen LogP contribution in [0.4, 0.5) is 0 Å². The third-order valence-electron chi connectivity index (χ3n) is 5.87. The summed E-state index contributed by atoms with van der Waals surface area (Å²) < 4.78 is 0.642. The summed E-state index contributed by atoms with van der Waals surface area (Å²) in [7, 11) is 2.09. The number of unbranched alkanes of at least 4 members (excludes halogenated alkanes) is 2. The number of imide groups is 1. The predicted molar refractivity (Wildman–Crippen MR) is 119 cm³/mol. The molecule has 1 heterocycles. The second-order valence-electron chi connectivity index (χ2n) is 8.70. The van der Waals surface area contributed by atoms with E-state index in [4.69, 9.17) is 0 Å². The molecule has 7 heteroatoms. The number of nitrogens with zero attached hydrogens (tertiary/aromatic N) is 2. The lowest BCUT2D eigenvalue weighted by molar-refractivity contribution is -0.902. The van der Waals surface area contributed by atoms with Gasteiger partial charge in [0, 0.05) is 12.0 Å². The number of ketones is 1. The number of hydrogen-bond donors (Lipinski definition) is 1. The van der Waals surface area contributed by atoms with E-state index in [1.165, 1.54) is 0 Å². The van der Waals surface area contributed by atoms with Crippen LogP contribution in [0.25, 0.3) is 0 Å². The van der Waals surface area contributed by atoms with Gasteiger partial charge in [0.05, 0.1) is 26.7 Å². The van der Waals surface area contributed by atoms with Gasteiger partial charge in [-0.25, -0.2) is 0 Å². The van der Waals surface area contributed by atoms with Gasteiger partial charge in [0.1, 0.15) is 6.04 Å². The number of piperidine rings is 1. The molecule has 1 aromatic carbocycles. The Morgan fingerprint density at radius 3 is 2.26 bits per heavy atom. The maximum absolute atomic E-state index is 12.9. The molecule has 1 N–H and O–H groups in total. The standard InChI is InChI=1S/C24H35N3O4/c1-4-6-15-27(3,16-7-5-2)18-22(29)25-20-13-14-23(30)26(24(20)31)17-21(28)19-11-9-8-10-12-19/h8-12,20H,4-7,13-18H2,1-3H3/p+1. The molecule has 0 saturated carbocycles. The van der Waals surface area contributed by atoms with Crippen molar-refractivity contribution in [2.24, 2.45) is 0 Å². The molecule has 0 spiro atoms. The average Bonchev–Trinajstić information content (AvgIpc) is 2.76. The topological polar surface area (TPSA) is 83.6 Å². The van der Waals surface area contributed by atoms with Gasteiger partial charge in [0.25, 0.3) is 11.8 Å². The molecule has 170 valence electrons. The number of carbonyl (C=O) groups is 4. The Morgan fingerprint density at radius 2 is 1.68 bits per heavy atom. The van der Waals surface area contributed by atoms with E-state index in [1.54, 1.807) is 30.3 Å². The number of hydrogen-bond acceptors (Lipinski definition) is 4. The number of nitrogens with one attached hydrogen (secondary N) is 1. The molecule has 1 fully saturated rings. The third kappa shape index (κ3) is 7.28. The number of rotatable bonds is 12. The highest BCUT2D eigenvalue weighted by atomic mass is 16.2. The minimum atomic E-state index is -0.764. The first kappa shape index (κ1) is 24.7. The Balaban J connectivity index is 2.00. The van der Waals surface area contributed by atoms with Crippen LogP contribution in [-0.2, 0) is 14.4 Å². The van der Waals surface area contributed by atoms with Crippen LogP contribution < -0.4 is 5.32 Å². The summed E-state index contributed by atoms with van der Waals surface area (Å²) in [6, 6.07) is 7.83. The fraction of sp³-hybridized carbons (Fsp3) is 0.583. The second kappa shape index (κ2) is 11.7. The minimum Gasteiger partial charge on any atom is -0.339 e. The molecule has 2 rings (SSSR count). The van der Waals surface area contributed by atoms with Crippen LogP contribution in [0.5, 0.6) is 0 Å². The van der Waals surface area contributed by atoms with Gasteiger partial charge in [0.2, 0.25) is 5.91 Å². The fourth-order valence-electron chi connectivity index (χ4n) is 3.93. The number of likely N-dealkylation sites (tertiary alicyclic amines) is 1. The van der Waals surface area contributed by atoms with Crippen molar-refractivity contribution in [3.8, 4) is 0 Å². The van der Waals surface area contributed by atoms with Gasteiger partial charge in [0.15, 0.2) is 12.3 Å². The first-order valence-electron chi connectivity index (χ1n) is 11.3. The summed E-state index contributed by atoms with van der Waals surface area (Å²) in [5.74, 6) is -1.34. The van der Waals surface area contributed by atoms with Crippen LogP contribution >= 0.6 is 0 Å². The molecule has 0 bridgehead atoms. The average molecular weight is 431 g/mol. The molecule has 7 nitrogen and oxygen atoms in total. The van der Waals surface area contributed by atoms with Crippen molar-refractivity contribution in [3.63, 3.8) is 0 Å². The van der Waals surface area contributed by atoms with Crippen molar-refractivity contribution >= 4 is 23.5 Å². The SMILES string of the molecule is CCCC[N+](C)(CCCC)CC(=O)NC1CCC(=O)N(CC(=O)c2ccccc2)C1=O. The summed E-state index contributed by atoms with van der Waals surface area (Å²) in [6.07, 6.45) is 4.62. The van der Waals surface area contributed by atoms with Crippen LogP contribution in [0.3, 0.4) is 0 Å². The van der Waals surface area contributed by atoms with E-state index in [1.807, 2.05) is 0 Å². The van der Waals surface area contributed by atoms with E-state index in [9.17, 15) is 19.2 Å². The van der Waals surface area contributed by atoms with E-state index in [-0.39, 0.29) is 37.0 Å². The molecule has 0 radical (unpaired) electrons. The molecule has 3 amide bonds. The van der Waals surface area contributed by atoms with Crippen LogP contribution in [0.2, 0.25) is 0 Å². The van der Waals surface area contributed by atoms with Crippen LogP contribution in [0.1, 0.15) is 62.7 Å². The molecule has 0 aromatic heterocycles. The normalized spacial score (nSPS) is 17.0. The van der Waals surface area contributed by atoms with Gasteiger partial charge in [-0.3, -0.25) is 24.1 Å². The molecule has 1 saturated heterocycles. The lowest BCUT2D eigenvalue weighted by atomic mass is 10.0. The molecular weight excluding hydrogens is 394 g/mol. The first-order chi connectivity index (χ1) is 14.8. The summed E-state index contributed by atoms with van der Waals surface area (Å²) in [6.45, 7) is 6.10. The second-order valence-corrected chi connectivity index (χ2v) is 8.70. The van der Waals surface area contributed by atoms with E-state index < -0.39 is 11.9 Å². The number of quaternary nitrogens is 1. The van der Waals surface area contributed by atoms with Gasteiger partial charge in [-0.05, 0) is 19.3 Å². The fourth-order valence-corrected chi connectivity index (χ4v) is 3.93. The van der Waals surface area contributed by atoms with Crippen LogP contribution in [-0.4, -0.2) is 72.2 Å². The van der Waals surface area contributed by atoms with Gasteiger partial charge in [-0.1, -0.05) is 57.0 Å². The van der Waals surface area contributed by atoms with Gasteiger partial charge in [-0.2, -0.15) is 0 Å². The van der Waals surface area contributed by atoms with E-state index >= 15 is 0 Å². The zero-order valence-corrected chi connectivity index (χ0v) is 19.1. The van der Waals surface area contributed by atoms with Crippen molar-refractivity contribution in [1.29, 1.82) is 0 Å². The summed E-state index contributed by atoms with van der Waals surface area (Å²) in [4.78, 5) is 51.4. The molecule has 31 heavy (non-hydrogen) atoms. The van der Waals surface area contributed by atoms with Crippen molar-refractivity contribution < 1.29 is 23.7 Å². The number of carbonyl (C=O) groups excluding carboxylic acids is 4. The number of benzene rings is 1. The molecule has 1 aliphatic rings. The minimum absolute atomic E-state index is 0.135. The largest absolute Gasteiger partial charge is 0.339 e. The summed E-state index contributed by atoms with van der Waals surface area (Å²) in [5.41, 5.74) is 0.453. The van der Waals surface area contributed by atoms with Crippen molar-refractivity contribution in [3.05, 3.63) is 35.9 Å². The number of likely N-dealkylation sites (N-methyl/N-ethyl adjacent to an activating group) is 1. The van der Waals surface area contributed by atoms with Crippen molar-refractivity contribution in [2.45, 2.75) is 58.4 Å². The highest BCUT2D eigenvalue weighted by molar-refractivity contribution is 6.07. The van der Waals surface area contributed by atoms with Crippen LogP contribution in [0.15, 0.2) is 30.3 Å². The number of Topliss-reactive ketones (excluding diaryl/α,β-unsaturated/α-hetero) is 1. The first-order valence-corrected chi connectivity index (χ1v) is 11.3. The number of amides is 3. The lowest BCUT2D eigenvalue weighted by Gasteiger charge is -2.35. The molecule has 1 aromatic rings. The van der Waals surface area contributed by atoms with Gasteiger partial charge < -0.3 is 9.80 Å². The molecule has 1 aliphatic heterocycles. The third-order valence-corrected chi connectivity index (χ3v) is 5.87. The Morgan fingerprint density at radius 1 is 1.06 bits per heavy atom. The summed E-state index contributed by atoms with van der Waals surface area (Å²) >= 11 is 0. The zero-order valence-electron chi connectivity index (χ0n) is 19.1. The van der Waals surface area contributed by atoms with Crippen molar-refractivity contribution in [1.82, 2.24) is 10.2 Å². The van der Waals surface area contributed by atoms with Crippen molar-refractivity contribution in [2.75, 3.05) is 33.2 Å². The monoisotopic (exact) mass is 430 g/mol. The Bertz CT molecular complexity index is 770. The quantitative estimate of drug-likeness (QED) is 0.314. The van der Waals surface area contributed by atoms with E-state index in [0.717, 1.165) is 43.7 Å². The highest BCUT2D eigenvalue weighted by Crippen LogP contribution is 2.15. The van der Waals surface area contributed by atoms with E-state index in [0.29, 0.717) is 16.6 Å². The summed E-state index contributed by atoms with van der Waals surface area (Å²) in [5, 5.41) is 2.83. The smallest absolute Gasteiger partial charge is 0.275 e. The van der Waals surface area contributed by atoms with Gasteiger partial charge in [-0.15, -0.1) is 0 Å². The zero-order chi connectivity index (χ0) is 22.9. The molecular formula is C24H36N3O4+. The molecule has 1 unspecified atom stereocenters. The molecule has 0 aliphatic carbocycles. The van der Waals surface area contributed by atoms with E-state index in [2.05, 4.69) is 26.2 Å².